The van der Waals surface area contributed by atoms with Crippen molar-refractivity contribution in [2.24, 2.45) is 11.0 Å². The zero-order chi connectivity index (χ0) is 23.5. The first kappa shape index (κ1) is 21.8. The molecule has 0 aliphatic carbocycles. The lowest BCUT2D eigenvalue weighted by molar-refractivity contribution is 0.475. The van der Waals surface area contributed by atoms with Gasteiger partial charge in [0.15, 0.2) is 0 Å². The van der Waals surface area contributed by atoms with Crippen LogP contribution in [0, 0.1) is 5.92 Å². The summed E-state index contributed by atoms with van der Waals surface area (Å²) in [7, 11) is 0. The Bertz CT molecular complexity index is 1440. The molecule has 1 N–H and O–H groups in total. The first-order valence-electron chi connectivity index (χ1n) is 11.8. The molecule has 0 amide bonds. The second-order valence-corrected chi connectivity index (χ2v) is 8.82. The van der Waals surface area contributed by atoms with E-state index in [4.69, 9.17) is 5.10 Å². The van der Waals surface area contributed by atoms with Crippen LogP contribution in [0.2, 0.25) is 0 Å². The molecule has 0 saturated heterocycles. The van der Waals surface area contributed by atoms with Crippen molar-refractivity contribution in [3.8, 4) is 11.4 Å². The second-order valence-electron chi connectivity index (χ2n) is 8.82. The van der Waals surface area contributed by atoms with Gasteiger partial charge in [-0.25, -0.2) is 0 Å². The smallest absolute Gasteiger partial charge is 0.115 e. The van der Waals surface area contributed by atoms with E-state index in [1.54, 1.807) is 12.1 Å². The molecule has 0 spiro atoms. The number of hydrazone groups is 1. The quantitative estimate of drug-likeness (QED) is 0.209. The van der Waals surface area contributed by atoms with Crippen molar-refractivity contribution in [2.75, 3.05) is 11.6 Å². The molecule has 0 fully saturated rings. The topological polar surface area (TPSA) is 40.8 Å². The van der Waals surface area contributed by atoms with Crippen molar-refractivity contribution < 1.29 is 5.11 Å². The number of fused-ring (bicyclic) bond motifs is 3. The Labute approximate surface area is 200 Å². The number of benzene rings is 4. The molecule has 1 heterocycles. The number of hydrogen-bond donors (Lipinski definition) is 1. The molecule has 5 aromatic rings. The second kappa shape index (κ2) is 9.44. The SMILES string of the molecule is CCC(C)CN(/N=C/c1ccc2c(c1)c1ccccc1n2-c1ccc(O)cc1)c1ccccc1. The van der Waals surface area contributed by atoms with Crippen LogP contribution in [0.5, 0.6) is 5.75 Å². The van der Waals surface area contributed by atoms with Gasteiger partial charge in [-0.1, -0.05) is 62.7 Å². The summed E-state index contributed by atoms with van der Waals surface area (Å²) in [6, 6.07) is 32.6. The summed E-state index contributed by atoms with van der Waals surface area (Å²) < 4.78 is 2.24. The zero-order valence-electron chi connectivity index (χ0n) is 19.6. The molecule has 4 heteroatoms. The van der Waals surface area contributed by atoms with Crippen molar-refractivity contribution >= 4 is 33.7 Å². The Morgan fingerprint density at radius 1 is 0.853 bits per heavy atom. The summed E-state index contributed by atoms with van der Waals surface area (Å²) in [5.74, 6) is 0.812. The lowest BCUT2D eigenvalue weighted by atomic mass is 10.1. The minimum absolute atomic E-state index is 0.267. The van der Waals surface area contributed by atoms with Crippen LogP contribution in [-0.4, -0.2) is 22.4 Å². The first-order chi connectivity index (χ1) is 16.6. The zero-order valence-corrected chi connectivity index (χ0v) is 19.6. The van der Waals surface area contributed by atoms with Gasteiger partial charge in [0.2, 0.25) is 0 Å². The lowest BCUT2D eigenvalue weighted by Crippen LogP contribution is -2.23. The monoisotopic (exact) mass is 447 g/mol. The Morgan fingerprint density at radius 2 is 1.56 bits per heavy atom. The van der Waals surface area contributed by atoms with Crippen molar-refractivity contribution in [3.63, 3.8) is 0 Å². The van der Waals surface area contributed by atoms with E-state index in [1.165, 1.54) is 10.8 Å². The first-order valence-corrected chi connectivity index (χ1v) is 11.8. The molecule has 34 heavy (non-hydrogen) atoms. The van der Waals surface area contributed by atoms with E-state index in [0.717, 1.165) is 40.9 Å². The number of anilines is 1. The number of hydrogen-bond acceptors (Lipinski definition) is 3. The van der Waals surface area contributed by atoms with E-state index in [1.807, 2.05) is 24.4 Å². The van der Waals surface area contributed by atoms with Crippen molar-refractivity contribution in [2.45, 2.75) is 20.3 Å². The van der Waals surface area contributed by atoms with Crippen LogP contribution in [0.1, 0.15) is 25.8 Å². The maximum Gasteiger partial charge on any atom is 0.115 e. The highest BCUT2D eigenvalue weighted by Crippen LogP contribution is 2.32. The molecular weight excluding hydrogens is 418 g/mol. The minimum atomic E-state index is 0.267. The number of nitrogens with zero attached hydrogens (tertiary/aromatic N) is 3. The third-order valence-electron chi connectivity index (χ3n) is 6.39. The van der Waals surface area contributed by atoms with Gasteiger partial charge in [-0.15, -0.1) is 0 Å². The summed E-state index contributed by atoms with van der Waals surface area (Å²) in [4.78, 5) is 0. The Balaban J connectivity index is 1.57. The molecule has 5 rings (SSSR count). The van der Waals surface area contributed by atoms with Gasteiger partial charge in [-0.05, 0) is 66.1 Å². The van der Waals surface area contributed by atoms with Crippen LogP contribution >= 0.6 is 0 Å². The van der Waals surface area contributed by atoms with Gasteiger partial charge in [0.05, 0.1) is 22.9 Å². The third-order valence-corrected chi connectivity index (χ3v) is 6.39. The summed E-state index contributed by atoms with van der Waals surface area (Å²) >= 11 is 0. The molecule has 4 nitrogen and oxygen atoms in total. The number of phenolic OH excluding ortho intramolecular Hbond substituents is 1. The van der Waals surface area contributed by atoms with Gasteiger partial charge in [-0.2, -0.15) is 5.10 Å². The van der Waals surface area contributed by atoms with Gasteiger partial charge in [0.1, 0.15) is 5.75 Å². The molecule has 4 aromatic carbocycles. The molecule has 0 aliphatic heterocycles. The molecule has 170 valence electrons. The number of phenols is 1. The van der Waals surface area contributed by atoms with E-state index >= 15 is 0 Å². The Hall–Kier alpha value is -4.05. The normalized spacial score (nSPS) is 12.5. The van der Waals surface area contributed by atoms with Gasteiger partial charge < -0.3 is 9.67 Å². The average molecular weight is 448 g/mol. The van der Waals surface area contributed by atoms with Gasteiger partial charge in [0.25, 0.3) is 0 Å². The maximum atomic E-state index is 9.75. The van der Waals surface area contributed by atoms with E-state index in [0.29, 0.717) is 5.92 Å². The van der Waals surface area contributed by atoms with Crippen LogP contribution in [0.3, 0.4) is 0 Å². The van der Waals surface area contributed by atoms with Crippen molar-refractivity contribution in [3.05, 3.63) is 103 Å². The fraction of sp³-hybridized carbons (Fsp3) is 0.167. The largest absolute Gasteiger partial charge is 0.508 e. The average Bonchev–Trinajstić information content (AvgIpc) is 3.21. The van der Waals surface area contributed by atoms with Gasteiger partial charge in [0, 0.05) is 23.0 Å². The highest BCUT2D eigenvalue weighted by molar-refractivity contribution is 6.10. The van der Waals surface area contributed by atoms with Crippen LogP contribution in [0.4, 0.5) is 5.69 Å². The van der Waals surface area contributed by atoms with E-state index in [9.17, 15) is 5.11 Å². The lowest BCUT2D eigenvalue weighted by Gasteiger charge is -2.22. The van der Waals surface area contributed by atoms with Crippen LogP contribution in [0.15, 0.2) is 102 Å². The predicted molar refractivity (Wildman–Crippen MR) is 143 cm³/mol. The number of aromatic hydroxyl groups is 1. The fourth-order valence-electron chi connectivity index (χ4n) is 4.33. The predicted octanol–water partition coefficient (Wildman–Crippen LogP) is 7.38. The fourth-order valence-corrected chi connectivity index (χ4v) is 4.33. The summed E-state index contributed by atoms with van der Waals surface area (Å²) in [6.45, 7) is 5.35. The van der Waals surface area contributed by atoms with Crippen LogP contribution < -0.4 is 5.01 Å². The third kappa shape index (κ3) is 4.27. The van der Waals surface area contributed by atoms with Crippen molar-refractivity contribution in [1.82, 2.24) is 4.57 Å². The molecule has 0 radical (unpaired) electrons. The Kier molecular flexibility index (Phi) is 6.05. The van der Waals surface area contributed by atoms with Gasteiger partial charge in [-0.3, -0.25) is 5.01 Å². The van der Waals surface area contributed by atoms with Gasteiger partial charge >= 0.3 is 0 Å². The standard InChI is InChI=1S/C30H29N3O/c1-3-22(2)21-32(24-9-5-4-6-10-24)31-20-23-13-18-30-28(19-23)27-11-7-8-12-29(27)33(30)25-14-16-26(34)17-15-25/h4-20,22,34H,3,21H2,1-2H3/b31-20+. The number of rotatable bonds is 7. The summed E-state index contributed by atoms with van der Waals surface area (Å²) in [5.41, 5.74) is 5.45. The Morgan fingerprint density at radius 3 is 2.32 bits per heavy atom. The highest BCUT2D eigenvalue weighted by atomic mass is 16.3. The van der Waals surface area contributed by atoms with Crippen molar-refractivity contribution in [1.29, 1.82) is 0 Å². The molecule has 0 aliphatic rings. The number of para-hydroxylation sites is 2. The minimum Gasteiger partial charge on any atom is -0.508 e. The summed E-state index contributed by atoms with van der Waals surface area (Å²) in [5, 5.41) is 19.1. The molecular formula is C30H29N3O. The maximum absolute atomic E-state index is 9.75. The molecule has 0 saturated carbocycles. The van der Waals surface area contributed by atoms with E-state index in [-0.39, 0.29) is 5.75 Å². The molecule has 1 atom stereocenters. The van der Waals surface area contributed by atoms with Crippen LogP contribution in [0.25, 0.3) is 27.5 Å². The molecule has 1 unspecified atom stereocenters. The van der Waals surface area contributed by atoms with E-state index < -0.39 is 0 Å². The molecule has 1 aromatic heterocycles. The summed E-state index contributed by atoms with van der Waals surface area (Å²) in [6.07, 6.45) is 3.07. The van der Waals surface area contributed by atoms with E-state index in [2.05, 4.69) is 90.2 Å². The number of aromatic nitrogens is 1. The highest BCUT2D eigenvalue weighted by Gasteiger charge is 2.13. The molecule has 0 bridgehead atoms. The van der Waals surface area contributed by atoms with Crippen LogP contribution in [-0.2, 0) is 0 Å².